The molecule has 0 atom stereocenters. The van der Waals surface area contributed by atoms with E-state index in [0.29, 0.717) is 34.2 Å². The van der Waals surface area contributed by atoms with Crippen LogP contribution < -0.4 is 0 Å². The van der Waals surface area contributed by atoms with Crippen molar-refractivity contribution in [1.82, 2.24) is 15.0 Å². The number of halogens is 2. The van der Waals surface area contributed by atoms with E-state index in [1.807, 2.05) is 97.1 Å². The van der Waals surface area contributed by atoms with Crippen molar-refractivity contribution in [3.63, 3.8) is 0 Å². The zero-order valence-electron chi connectivity index (χ0n) is 25.0. The molecule has 8 aromatic rings. The minimum atomic E-state index is -3.13. The monoisotopic (exact) mass is 609 g/mol. The molecule has 47 heavy (non-hydrogen) atoms. The van der Waals surface area contributed by atoms with Gasteiger partial charge >= 0.3 is 0 Å². The zero-order chi connectivity index (χ0) is 31.5. The molecule has 0 saturated heterocycles. The number of alkyl halides is 2. The highest BCUT2D eigenvalue weighted by Crippen LogP contribution is 2.53. The molecule has 0 saturated carbocycles. The van der Waals surface area contributed by atoms with Gasteiger partial charge in [-0.15, -0.1) is 0 Å². The van der Waals surface area contributed by atoms with Gasteiger partial charge in [-0.2, -0.15) is 8.78 Å². The number of fused-ring (bicyclic) bond motifs is 6. The fraction of sp³-hybridized carbons (Fsp3) is 0.0238. The minimum Gasteiger partial charge on any atom is -0.208 e. The Morgan fingerprint density at radius 2 is 0.830 bits per heavy atom. The second kappa shape index (κ2) is 10.5. The van der Waals surface area contributed by atoms with Crippen LogP contribution in [0.1, 0.15) is 11.1 Å². The van der Waals surface area contributed by atoms with Crippen LogP contribution in [0.5, 0.6) is 0 Å². The summed E-state index contributed by atoms with van der Waals surface area (Å²) in [7, 11) is 0. The first-order valence-electron chi connectivity index (χ1n) is 15.5. The molecule has 9 rings (SSSR count). The summed E-state index contributed by atoms with van der Waals surface area (Å²) in [5.41, 5.74) is 5.22. The molecule has 1 heterocycles. The topological polar surface area (TPSA) is 38.7 Å². The van der Waals surface area contributed by atoms with Gasteiger partial charge in [-0.3, -0.25) is 0 Å². The van der Waals surface area contributed by atoms with Gasteiger partial charge in [-0.1, -0.05) is 133 Å². The third kappa shape index (κ3) is 4.43. The maximum Gasteiger partial charge on any atom is 0.299 e. The van der Waals surface area contributed by atoms with E-state index in [2.05, 4.69) is 30.3 Å². The van der Waals surface area contributed by atoms with Crippen molar-refractivity contribution < 1.29 is 8.78 Å². The molecule has 0 bridgehead atoms. The van der Waals surface area contributed by atoms with Gasteiger partial charge in [0.1, 0.15) is 0 Å². The molecule has 1 aromatic heterocycles. The highest BCUT2D eigenvalue weighted by Gasteiger charge is 2.44. The largest absolute Gasteiger partial charge is 0.299 e. The number of rotatable bonds is 4. The molecule has 0 spiro atoms. The smallest absolute Gasteiger partial charge is 0.208 e. The van der Waals surface area contributed by atoms with E-state index in [0.717, 1.165) is 43.8 Å². The fourth-order valence-corrected chi connectivity index (χ4v) is 6.76. The maximum absolute atomic E-state index is 16.0. The Morgan fingerprint density at radius 1 is 0.362 bits per heavy atom. The molecule has 0 fully saturated rings. The summed E-state index contributed by atoms with van der Waals surface area (Å²) < 4.78 is 32.0. The molecular weight excluding hydrogens is 584 g/mol. The van der Waals surface area contributed by atoms with Crippen LogP contribution >= 0.6 is 0 Å². The summed E-state index contributed by atoms with van der Waals surface area (Å²) >= 11 is 0. The summed E-state index contributed by atoms with van der Waals surface area (Å²) in [5.74, 6) is -1.66. The standard InChI is InChI=1S/C42H25F2N3/c43-42(44)37-21-19-29(34-23-28-15-7-8-16-31(28)32-17-9-10-18-33(32)34)24-35(37)36-25-30(20-22-38(36)42)41-46-39(26-11-3-1-4-12-26)45-40(47-41)27-13-5-2-6-14-27/h1-25H. The molecule has 1 aliphatic rings. The normalized spacial score (nSPS) is 13.1. The molecule has 3 nitrogen and oxygen atoms in total. The van der Waals surface area contributed by atoms with Gasteiger partial charge in [-0.05, 0) is 62.0 Å². The van der Waals surface area contributed by atoms with E-state index in [1.54, 1.807) is 18.2 Å². The van der Waals surface area contributed by atoms with Crippen molar-refractivity contribution >= 4 is 21.5 Å². The molecule has 222 valence electrons. The summed E-state index contributed by atoms with van der Waals surface area (Å²) in [5, 5.41) is 4.48. The number of hydrogen-bond acceptors (Lipinski definition) is 3. The molecule has 0 N–H and O–H groups in total. The fourth-order valence-electron chi connectivity index (χ4n) is 6.76. The lowest BCUT2D eigenvalue weighted by atomic mass is 9.91. The molecule has 0 unspecified atom stereocenters. The van der Waals surface area contributed by atoms with Crippen LogP contribution in [0.3, 0.4) is 0 Å². The summed E-state index contributed by atoms with van der Waals surface area (Å²) in [4.78, 5) is 14.5. The number of nitrogens with zero attached hydrogens (tertiary/aromatic N) is 3. The van der Waals surface area contributed by atoms with E-state index >= 15 is 8.78 Å². The molecule has 5 heteroatoms. The van der Waals surface area contributed by atoms with Crippen molar-refractivity contribution in [3.8, 4) is 56.4 Å². The van der Waals surface area contributed by atoms with Crippen LogP contribution in [0, 0.1) is 0 Å². The van der Waals surface area contributed by atoms with Gasteiger partial charge < -0.3 is 0 Å². The third-order valence-corrected chi connectivity index (χ3v) is 9.04. The minimum absolute atomic E-state index is 0.00379. The first-order valence-corrected chi connectivity index (χ1v) is 15.5. The van der Waals surface area contributed by atoms with Crippen molar-refractivity contribution in [2.24, 2.45) is 0 Å². The lowest BCUT2D eigenvalue weighted by Crippen LogP contribution is -2.10. The van der Waals surface area contributed by atoms with Gasteiger partial charge in [0.25, 0.3) is 5.92 Å². The van der Waals surface area contributed by atoms with Gasteiger partial charge in [0.05, 0.1) is 0 Å². The molecule has 7 aromatic carbocycles. The molecule has 0 amide bonds. The number of benzene rings is 7. The average Bonchev–Trinajstić information content (AvgIpc) is 3.36. The van der Waals surface area contributed by atoms with Crippen LogP contribution in [0.2, 0.25) is 0 Å². The quantitative estimate of drug-likeness (QED) is 0.186. The van der Waals surface area contributed by atoms with Gasteiger partial charge in [0.15, 0.2) is 17.5 Å². The Labute approximate surface area is 269 Å². The second-order valence-corrected chi connectivity index (χ2v) is 11.8. The molecule has 0 radical (unpaired) electrons. The molecule has 0 aliphatic heterocycles. The van der Waals surface area contributed by atoms with Gasteiger partial charge in [0.2, 0.25) is 0 Å². The first kappa shape index (κ1) is 27.3. The Balaban J connectivity index is 1.23. The average molecular weight is 610 g/mol. The van der Waals surface area contributed by atoms with Crippen molar-refractivity contribution in [2.45, 2.75) is 5.92 Å². The van der Waals surface area contributed by atoms with E-state index in [9.17, 15) is 0 Å². The van der Waals surface area contributed by atoms with Crippen LogP contribution in [-0.4, -0.2) is 15.0 Å². The van der Waals surface area contributed by atoms with Gasteiger partial charge in [0, 0.05) is 27.8 Å². The lowest BCUT2D eigenvalue weighted by molar-refractivity contribution is 0.0480. The van der Waals surface area contributed by atoms with Crippen LogP contribution in [0.15, 0.2) is 152 Å². The predicted octanol–water partition coefficient (Wildman–Crippen LogP) is 11.0. The second-order valence-electron chi connectivity index (χ2n) is 11.8. The Hall–Kier alpha value is -6.07. The van der Waals surface area contributed by atoms with Crippen LogP contribution in [0.4, 0.5) is 8.78 Å². The van der Waals surface area contributed by atoms with Crippen molar-refractivity contribution in [1.29, 1.82) is 0 Å². The number of hydrogen-bond donors (Lipinski definition) is 0. The van der Waals surface area contributed by atoms with Gasteiger partial charge in [-0.25, -0.2) is 15.0 Å². The molecular formula is C42H25F2N3. The Kier molecular flexibility index (Phi) is 6.09. The zero-order valence-corrected chi connectivity index (χ0v) is 25.0. The van der Waals surface area contributed by atoms with E-state index in [1.165, 1.54) is 6.07 Å². The van der Waals surface area contributed by atoms with Crippen molar-refractivity contribution in [2.75, 3.05) is 0 Å². The highest BCUT2D eigenvalue weighted by molar-refractivity contribution is 6.14. The maximum atomic E-state index is 16.0. The van der Waals surface area contributed by atoms with E-state index in [4.69, 9.17) is 15.0 Å². The first-order chi connectivity index (χ1) is 23.0. The third-order valence-electron chi connectivity index (χ3n) is 9.04. The van der Waals surface area contributed by atoms with Crippen LogP contribution in [0.25, 0.3) is 78.0 Å². The van der Waals surface area contributed by atoms with E-state index in [-0.39, 0.29) is 11.1 Å². The highest BCUT2D eigenvalue weighted by atomic mass is 19.3. The summed E-state index contributed by atoms with van der Waals surface area (Å²) in [6, 6.07) is 48.5. The summed E-state index contributed by atoms with van der Waals surface area (Å²) in [6.45, 7) is 0. The Morgan fingerprint density at radius 3 is 1.45 bits per heavy atom. The van der Waals surface area contributed by atoms with Crippen molar-refractivity contribution in [3.05, 3.63) is 163 Å². The predicted molar refractivity (Wildman–Crippen MR) is 185 cm³/mol. The SMILES string of the molecule is FC1(F)c2ccc(-c3nc(-c4ccccc4)nc(-c4ccccc4)n3)cc2-c2cc(-c3cc4ccccc4c4ccccc34)ccc21. The van der Waals surface area contributed by atoms with Crippen LogP contribution in [-0.2, 0) is 5.92 Å². The molecule has 1 aliphatic carbocycles. The van der Waals surface area contributed by atoms with E-state index < -0.39 is 5.92 Å². The number of aromatic nitrogens is 3. The lowest BCUT2D eigenvalue weighted by Gasteiger charge is -2.14. The Bertz CT molecular complexity index is 2430. The summed E-state index contributed by atoms with van der Waals surface area (Å²) in [6.07, 6.45) is 0.